The maximum absolute atomic E-state index is 11.8. The number of aryl methyl sites for hydroxylation is 1. The van der Waals surface area contributed by atoms with E-state index in [0.717, 1.165) is 22.2 Å². The highest BCUT2D eigenvalue weighted by Crippen LogP contribution is 2.30. The van der Waals surface area contributed by atoms with Crippen LogP contribution in [0.2, 0.25) is 0 Å². The highest BCUT2D eigenvalue weighted by Gasteiger charge is 2.19. The van der Waals surface area contributed by atoms with Gasteiger partial charge >= 0.3 is 5.97 Å². The van der Waals surface area contributed by atoms with Crippen LogP contribution in [0.5, 0.6) is 5.75 Å². The summed E-state index contributed by atoms with van der Waals surface area (Å²) in [6.07, 6.45) is 0. The van der Waals surface area contributed by atoms with Crippen molar-refractivity contribution in [3.63, 3.8) is 0 Å². The second kappa shape index (κ2) is 5.32. The van der Waals surface area contributed by atoms with Gasteiger partial charge in [0, 0.05) is 16.5 Å². The van der Waals surface area contributed by atoms with Crippen molar-refractivity contribution >= 4 is 16.9 Å². The van der Waals surface area contributed by atoms with Crippen LogP contribution in [0.1, 0.15) is 28.5 Å². The number of nitrogens with one attached hydrogen (secondary N) is 1. The Morgan fingerprint density at radius 3 is 2.74 bits per heavy atom. The van der Waals surface area contributed by atoms with Crippen LogP contribution in [0, 0.1) is 6.92 Å². The van der Waals surface area contributed by atoms with Crippen molar-refractivity contribution in [3.8, 4) is 5.75 Å². The molecule has 0 saturated carbocycles. The SMILES string of the molecule is CCOC(=O)c1[nH]c2cc(C)c(OC)cc2c1CO. The van der Waals surface area contributed by atoms with Crippen LogP contribution in [0.25, 0.3) is 10.9 Å². The molecule has 0 radical (unpaired) electrons. The van der Waals surface area contributed by atoms with E-state index in [1.54, 1.807) is 14.0 Å². The predicted molar refractivity (Wildman–Crippen MR) is 71.5 cm³/mol. The van der Waals surface area contributed by atoms with Gasteiger partial charge in [0.1, 0.15) is 11.4 Å². The summed E-state index contributed by atoms with van der Waals surface area (Å²) in [5.41, 5.74) is 2.57. The molecule has 0 spiro atoms. The lowest BCUT2D eigenvalue weighted by molar-refractivity contribution is 0.0517. The van der Waals surface area contributed by atoms with Crippen LogP contribution in [0.15, 0.2) is 12.1 Å². The number of carbonyl (C=O) groups is 1. The van der Waals surface area contributed by atoms with Gasteiger partial charge in [0.05, 0.1) is 20.3 Å². The Kier molecular flexibility index (Phi) is 3.76. The summed E-state index contributed by atoms with van der Waals surface area (Å²) >= 11 is 0. The van der Waals surface area contributed by atoms with Gasteiger partial charge < -0.3 is 19.6 Å². The minimum atomic E-state index is -0.459. The topological polar surface area (TPSA) is 71.6 Å². The molecular formula is C14H17NO4. The van der Waals surface area contributed by atoms with Gasteiger partial charge in [-0.1, -0.05) is 0 Å². The molecule has 0 fully saturated rings. The van der Waals surface area contributed by atoms with Gasteiger partial charge in [-0.15, -0.1) is 0 Å². The highest BCUT2D eigenvalue weighted by molar-refractivity contribution is 5.99. The maximum Gasteiger partial charge on any atom is 0.355 e. The number of hydrogen-bond acceptors (Lipinski definition) is 4. The number of H-pyrrole nitrogens is 1. The van der Waals surface area contributed by atoms with E-state index in [1.807, 2.05) is 19.1 Å². The number of methoxy groups -OCH3 is 1. The number of aromatic amines is 1. The Morgan fingerprint density at radius 1 is 1.42 bits per heavy atom. The molecular weight excluding hydrogens is 246 g/mol. The maximum atomic E-state index is 11.8. The number of aliphatic hydroxyl groups is 1. The zero-order chi connectivity index (χ0) is 14.0. The number of aromatic nitrogens is 1. The smallest absolute Gasteiger partial charge is 0.355 e. The van der Waals surface area contributed by atoms with Gasteiger partial charge in [-0.2, -0.15) is 0 Å². The van der Waals surface area contributed by atoms with E-state index < -0.39 is 5.97 Å². The largest absolute Gasteiger partial charge is 0.496 e. The first kappa shape index (κ1) is 13.4. The molecule has 1 aromatic heterocycles. The first-order valence-corrected chi connectivity index (χ1v) is 6.09. The standard InChI is InChI=1S/C14H17NO4/c1-4-19-14(17)13-10(7-16)9-6-12(18-3)8(2)5-11(9)15-13/h5-6,15-16H,4,7H2,1-3H3. The van der Waals surface area contributed by atoms with Gasteiger partial charge in [0.15, 0.2) is 0 Å². The molecule has 0 aliphatic carbocycles. The summed E-state index contributed by atoms with van der Waals surface area (Å²) in [5.74, 6) is 0.260. The van der Waals surface area contributed by atoms with Crippen molar-refractivity contribution in [1.82, 2.24) is 4.98 Å². The lowest BCUT2D eigenvalue weighted by atomic mass is 10.1. The van der Waals surface area contributed by atoms with Gasteiger partial charge in [-0.3, -0.25) is 0 Å². The normalized spacial score (nSPS) is 10.7. The number of carbonyl (C=O) groups excluding carboxylic acids is 1. The quantitative estimate of drug-likeness (QED) is 0.829. The van der Waals surface area contributed by atoms with E-state index in [-0.39, 0.29) is 6.61 Å². The lowest BCUT2D eigenvalue weighted by Crippen LogP contribution is -2.07. The molecule has 5 nitrogen and oxygen atoms in total. The Labute approximate surface area is 111 Å². The predicted octanol–water partition coefficient (Wildman–Crippen LogP) is 2.15. The van der Waals surface area contributed by atoms with E-state index in [9.17, 15) is 9.90 Å². The fourth-order valence-electron chi connectivity index (χ4n) is 2.15. The van der Waals surface area contributed by atoms with Crippen LogP contribution in [-0.2, 0) is 11.3 Å². The summed E-state index contributed by atoms with van der Waals surface area (Å²) in [6.45, 7) is 3.72. The zero-order valence-electron chi connectivity index (χ0n) is 11.2. The summed E-state index contributed by atoms with van der Waals surface area (Å²) < 4.78 is 10.2. The molecule has 5 heteroatoms. The Balaban J connectivity index is 2.64. The average Bonchev–Trinajstić information content (AvgIpc) is 2.75. The number of aliphatic hydroxyl groups excluding tert-OH is 1. The monoisotopic (exact) mass is 263 g/mol. The Bertz CT molecular complexity index is 615. The summed E-state index contributed by atoms with van der Waals surface area (Å²) in [7, 11) is 1.59. The van der Waals surface area contributed by atoms with Crippen LogP contribution >= 0.6 is 0 Å². The summed E-state index contributed by atoms with van der Waals surface area (Å²) in [6, 6.07) is 3.70. The highest BCUT2D eigenvalue weighted by atomic mass is 16.5. The molecule has 0 bridgehead atoms. The lowest BCUT2D eigenvalue weighted by Gasteiger charge is -2.05. The van der Waals surface area contributed by atoms with E-state index in [4.69, 9.17) is 9.47 Å². The second-order valence-corrected chi connectivity index (χ2v) is 4.22. The van der Waals surface area contributed by atoms with Gasteiger partial charge in [0.2, 0.25) is 0 Å². The molecule has 2 rings (SSSR count). The minimum Gasteiger partial charge on any atom is -0.496 e. The van der Waals surface area contributed by atoms with Crippen LogP contribution in [0.3, 0.4) is 0 Å². The van der Waals surface area contributed by atoms with Gasteiger partial charge in [-0.05, 0) is 31.5 Å². The fourth-order valence-corrected chi connectivity index (χ4v) is 2.15. The first-order chi connectivity index (χ1) is 9.12. The van der Waals surface area contributed by atoms with Crippen LogP contribution < -0.4 is 4.74 Å². The molecule has 0 amide bonds. The Hall–Kier alpha value is -2.01. The molecule has 0 aliphatic rings. The van der Waals surface area contributed by atoms with E-state index >= 15 is 0 Å². The van der Waals surface area contributed by atoms with E-state index in [1.165, 1.54) is 0 Å². The number of fused-ring (bicyclic) bond motifs is 1. The molecule has 102 valence electrons. The molecule has 2 N–H and O–H groups in total. The third-order valence-electron chi connectivity index (χ3n) is 3.06. The first-order valence-electron chi connectivity index (χ1n) is 6.09. The summed E-state index contributed by atoms with van der Waals surface area (Å²) in [4.78, 5) is 14.8. The fraction of sp³-hybridized carbons (Fsp3) is 0.357. The van der Waals surface area contributed by atoms with Crippen molar-refractivity contribution in [2.24, 2.45) is 0 Å². The van der Waals surface area contributed by atoms with Crippen molar-refractivity contribution in [2.75, 3.05) is 13.7 Å². The molecule has 1 aromatic carbocycles. The molecule has 0 unspecified atom stereocenters. The number of rotatable bonds is 4. The molecule has 19 heavy (non-hydrogen) atoms. The van der Waals surface area contributed by atoms with Crippen molar-refractivity contribution in [2.45, 2.75) is 20.5 Å². The van der Waals surface area contributed by atoms with Gasteiger partial charge in [0.25, 0.3) is 0 Å². The zero-order valence-corrected chi connectivity index (χ0v) is 11.2. The minimum absolute atomic E-state index is 0.236. The van der Waals surface area contributed by atoms with Crippen molar-refractivity contribution < 1.29 is 19.4 Å². The van der Waals surface area contributed by atoms with Gasteiger partial charge in [-0.25, -0.2) is 4.79 Å². The number of ether oxygens (including phenoxy) is 2. The van der Waals surface area contributed by atoms with E-state index in [2.05, 4.69) is 4.98 Å². The molecule has 0 saturated heterocycles. The third kappa shape index (κ3) is 2.29. The van der Waals surface area contributed by atoms with Crippen LogP contribution in [0.4, 0.5) is 0 Å². The van der Waals surface area contributed by atoms with E-state index in [0.29, 0.717) is 17.9 Å². The van der Waals surface area contributed by atoms with Crippen molar-refractivity contribution in [1.29, 1.82) is 0 Å². The molecule has 0 aliphatic heterocycles. The average molecular weight is 263 g/mol. The van der Waals surface area contributed by atoms with Crippen LogP contribution in [-0.4, -0.2) is 29.8 Å². The molecule has 2 aromatic rings. The number of benzene rings is 1. The summed E-state index contributed by atoms with van der Waals surface area (Å²) in [5, 5.41) is 10.3. The molecule has 0 atom stereocenters. The third-order valence-corrected chi connectivity index (χ3v) is 3.06. The number of esters is 1. The second-order valence-electron chi connectivity index (χ2n) is 4.22. The molecule has 1 heterocycles. The Morgan fingerprint density at radius 2 is 2.16 bits per heavy atom. The number of hydrogen-bond donors (Lipinski definition) is 2. The van der Waals surface area contributed by atoms with Crippen molar-refractivity contribution in [3.05, 3.63) is 29.0 Å².